The first-order valence-electron chi connectivity index (χ1n) is 2.79. The number of carbonyl (C=O) groups is 1. The van der Waals surface area contributed by atoms with Gasteiger partial charge in [-0.05, 0) is 11.6 Å². The summed E-state index contributed by atoms with van der Waals surface area (Å²) in [6.45, 7) is 0. The second-order valence-corrected chi connectivity index (χ2v) is 2.18. The maximum Gasteiger partial charge on any atom is 0.159 e. The Morgan fingerprint density at radius 1 is 1.56 bits per heavy atom. The third-order valence-electron chi connectivity index (χ3n) is 1.20. The Balaban J connectivity index is 2.63. The number of allylic oxidation sites excluding steroid dienone is 4. The highest BCUT2D eigenvalue weighted by atomic mass is 35.5. The Hall–Kier alpha value is -0.560. The largest absolute Gasteiger partial charge is 0.295 e. The zero-order valence-electron chi connectivity index (χ0n) is 4.93. The van der Waals surface area contributed by atoms with Gasteiger partial charge >= 0.3 is 0 Å². The molecule has 0 aliphatic heterocycles. The van der Waals surface area contributed by atoms with E-state index in [2.05, 4.69) is 0 Å². The summed E-state index contributed by atoms with van der Waals surface area (Å²) in [5, 5.41) is 0. The molecule has 0 aromatic rings. The lowest BCUT2D eigenvalue weighted by Crippen LogP contribution is -1.96. The van der Waals surface area contributed by atoms with Crippen molar-refractivity contribution in [3.8, 4) is 0 Å². The van der Waals surface area contributed by atoms with Crippen LogP contribution in [0.4, 0.5) is 0 Å². The first-order chi connectivity index (χ1) is 4.33. The van der Waals surface area contributed by atoms with Crippen LogP contribution in [0.25, 0.3) is 0 Å². The molecule has 0 heterocycles. The van der Waals surface area contributed by atoms with Crippen molar-refractivity contribution in [2.45, 2.75) is 6.42 Å². The monoisotopic (exact) mass is 142 g/mol. The van der Waals surface area contributed by atoms with E-state index in [1.165, 1.54) is 0 Å². The highest BCUT2D eigenvalue weighted by Crippen LogP contribution is 2.07. The summed E-state index contributed by atoms with van der Waals surface area (Å²) < 4.78 is 0. The van der Waals surface area contributed by atoms with Gasteiger partial charge in [-0.25, -0.2) is 0 Å². The fourth-order valence-corrected chi connectivity index (χ4v) is 0.865. The van der Waals surface area contributed by atoms with Gasteiger partial charge in [0.05, 0.1) is 0 Å². The van der Waals surface area contributed by atoms with E-state index in [0.29, 0.717) is 12.3 Å². The molecule has 0 bridgehead atoms. The smallest absolute Gasteiger partial charge is 0.159 e. The molecule has 1 rings (SSSR count). The third kappa shape index (κ3) is 1.68. The van der Waals surface area contributed by atoms with Gasteiger partial charge in [-0.3, -0.25) is 4.79 Å². The molecule has 1 nitrogen and oxygen atoms in total. The fraction of sp³-hybridized carbons (Fsp3) is 0.286. The highest BCUT2D eigenvalue weighted by molar-refractivity contribution is 6.19. The van der Waals surface area contributed by atoms with Crippen LogP contribution in [-0.2, 0) is 4.79 Å². The van der Waals surface area contributed by atoms with E-state index < -0.39 is 0 Å². The average molecular weight is 143 g/mol. The van der Waals surface area contributed by atoms with Crippen molar-refractivity contribution >= 4 is 17.4 Å². The lowest BCUT2D eigenvalue weighted by molar-refractivity contribution is -0.113. The molecule has 0 saturated heterocycles. The zero-order valence-corrected chi connectivity index (χ0v) is 5.69. The molecule has 0 N–H and O–H groups in total. The van der Waals surface area contributed by atoms with Gasteiger partial charge in [0, 0.05) is 12.3 Å². The topological polar surface area (TPSA) is 17.1 Å². The maximum atomic E-state index is 10.6. The third-order valence-corrected chi connectivity index (χ3v) is 1.51. The van der Waals surface area contributed by atoms with Crippen LogP contribution in [0, 0.1) is 0 Å². The molecule has 1 aliphatic carbocycles. The van der Waals surface area contributed by atoms with Crippen molar-refractivity contribution in [1.29, 1.82) is 0 Å². The van der Waals surface area contributed by atoms with Crippen LogP contribution < -0.4 is 0 Å². The normalized spacial score (nSPS) is 17.9. The van der Waals surface area contributed by atoms with Crippen molar-refractivity contribution < 1.29 is 4.79 Å². The Bertz CT molecular complexity index is 179. The van der Waals surface area contributed by atoms with Crippen molar-refractivity contribution in [2.24, 2.45) is 0 Å². The molecule has 0 aromatic heterocycles. The van der Waals surface area contributed by atoms with E-state index in [1.54, 1.807) is 12.2 Å². The summed E-state index contributed by atoms with van der Waals surface area (Å²) in [5.74, 6) is 0.660. The Morgan fingerprint density at radius 3 is 2.78 bits per heavy atom. The van der Waals surface area contributed by atoms with E-state index >= 15 is 0 Å². The lowest BCUT2D eigenvalue weighted by Gasteiger charge is -1.99. The predicted octanol–water partition coefficient (Wildman–Crippen LogP) is 1.68. The first kappa shape index (κ1) is 6.56. The van der Waals surface area contributed by atoms with Gasteiger partial charge in [0.15, 0.2) is 5.78 Å². The van der Waals surface area contributed by atoms with Gasteiger partial charge in [-0.1, -0.05) is 12.2 Å². The van der Waals surface area contributed by atoms with Gasteiger partial charge in [-0.15, -0.1) is 11.6 Å². The van der Waals surface area contributed by atoms with E-state index in [-0.39, 0.29) is 5.78 Å². The molecule has 0 atom stereocenters. The van der Waals surface area contributed by atoms with E-state index in [4.69, 9.17) is 11.6 Å². The molecule has 0 saturated carbocycles. The Morgan fingerprint density at radius 2 is 2.33 bits per heavy atom. The number of rotatable bonds is 1. The quantitative estimate of drug-likeness (QED) is 0.509. The van der Waals surface area contributed by atoms with Crippen LogP contribution in [0.2, 0.25) is 0 Å². The molecule has 0 amide bonds. The summed E-state index contributed by atoms with van der Waals surface area (Å²) in [5.41, 5.74) is 1.04. The Kier molecular flexibility index (Phi) is 2.06. The maximum absolute atomic E-state index is 10.6. The minimum Gasteiger partial charge on any atom is -0.295 e. The second-order valence-electron chi connectivity index (χ2n) is 1.92. The van der Waals surface area contributed by atoms with Gasteiger partial charge in [0.25, 0.3) is 0 Å². The molecule has 0 spiro atoms. The predicted molar refractivity (Wildman–Crippen MR) is 37.6 cm³/mol. The Labute approximate surface area is 59.0 Å². The summed E-state index contributed by atoms with van der Waals surface area (Å²) in [4.78, 5) is 10.6. The van der Waals surface area contributed by atoms with E-state index in [9.17, 15) is 4.79 Å². The molecule has 48 valence electrons. The second kappa shape index (κ2) is 2.83. The molecular weight excluding hydrogens is 136 g/mol. The van der Waals surface area contributed by atoms with Crippen LogP contribution in [0.15, 0.2) is 23.8 Å². The standard InChI is InChI=1S/C7H7ClO/c8-5-6-1-3-7(9)4-2-6/h1-3H,4-5H2. The summed E-state index contributed by atoms with van der Waals surface area (Å²) >= 11 is 5.50. The van der Waals surface area contributed by atoms with Crippen LogP contribution in [-0.4, -0.2) is 11.7 Å². The van der Waals surface area contributed by atoms with Crippen molar-refractivity contribution in [3.05, 3.63) is 23.8 Å². The zero-order chi connectivity index (χ0) is 6.69. The number of hydrogen-bond acceptors (Lipinski definition) is 1. The molecule has 9 heavy (non-hydrogen) atoms. The van der Waals surface area contributed by atoms with E-state index in [1.807, 2.05) is 6.08 Å². The van der Waals surface area contributed by atoms with Crippen LogP contribution in [0.5, 0.6) is 0 Å². The number of halogens is 1. The molecule has 0 radical (unpaired) electrons. The average Bonchev–Trinajstić information content (AvgIpc) is 1.90. The molecule has 1 aliphatic rings. The van der Waals surface area contributed by atoms with E-state index in [0.717, 1.165) is 5.57 Å². The molecule has 0 unspecified atom stereocenters. The summed E-state index contributed by atoms with van der Waals surface area (Å²) in [7, 11) is 0. The highest BCUT2D eigenvalue weighted by Gasteiger charge is 2.00. The summed E-state index contributed by atoms with van der Waals surface area (Å²) in [6.07, 6.45) is 5.70. The van der Waals surface area contributed by atoms with Crippen LogP contribution in [0.1, 0.15) is 6.42 Å². The molecule has 0 fully saturated rings. The lowest BCUT2D eigenvalue weighted by atomic mass is 10.1. The van der Waals surface area contributed by atoms with Crippen LogP contribution in [0.3, 0.4) is 0 Å². The van der Waals surface area contributed by atoms with Crippen molar-refractivity contribution in [2.75, 3.05) is 5.88 Å². The van der Waals surface area contributed by atoms with Gasteiger partial charge in [-0.2, -0.15) is 0 Å². The number of ketones is 1. The first-order valence-corrected chi connectivity index (χ1v) is 3.32. The van der Waals surface area contributed by atoms with Crippen LogP contribution >= 0.6 is 11.6 Å². The molecule has 0 aromatic carbocycles. The fourth-order valence-electron chi connectivity index (χ4n) is 0.667. The molecular formula is C7H7ClO. The van der Waals surface area contributed by atoms with Gasteiger partial charge in [0.2, 0.25) is 0 Å². The van der Waals surface area contributed by atoms with Crippen molar-refractivity contribution in [3.63, 3.8) is 0 Å². The van der Waals surface area contributed by atoms with Gasteiger partial charge in [0.1, 0.15) is 0 Å². The number of alkyl halides is 1. The minimum atomic E-state index is 0.156. The number of hydrogen-bond donors (Lipinski definition) is 0. The van der Waals surface area contributed by atoms with Gasteiger partial charge < -0.3 is 0 Å². The minimum absolute atomic E-state index is 0.156. The molecule has 2 heteroatoms. The summed E-state index contributed by atoms with van der Waals surface area (Å²) in [6, 6.07) is 0. The van der Waals surface area contributed by atoms with Crippen molar-refractivity contribution in [1.82, 2.24) is 0 Å². The SMILES string of the molecule is O=C1C=CC(CCl)=CC1. The number of carbonyl (C=O) groups excluding carboxylic acids is 1.